The summed E-state index contributed by atoms with van der Waals surface area (Å²) in [4.78, 5) is 17.7. The number of amides is 1. The highest BCUT2D eigenvalue weighted by atomic mass is 16.3. The van der Waals surface area contributed by atoms with Gasteiger partial charge in [-0.05, 0) is 56.0 Å². The molecule has 0 spiro atoms. The van der Waals surface area contributed by atoms with Gasteiger partial charge >= 0.3 is 0 Å². The lowest BCUT2D eigenvalue weighted by molar-refractivity contribution is 0.0446. The zero-order valence-corrected chi connectivity index (χ0v) is 15.4. The average Bonchev–Trinajstić information content (AvgIpc) is 3.28. The van der Waals surface area contributed by atoms with Crippen LogP contribution in [0.15, 0.2) is 24.3 Å². The number of H-pyrrole nitrogens is 1. The molecule has 0 aliphatic carbocycles. The van der Waals surface area contributed by atoms with Crippen molar-refractivity contribution in [2.45, 2.75) is 31.7 Å². The van der Waals surface area contributed by atoms with Gasteiger partial charge in [0.2, 0.25) is 5.82 Å². The number of hydrogen-bond acceptors (Lipinski definition) is 6. The molecule has 3 heterocycles. The smallest absolute Gasteiger partial charge is 0.254 e. The van der Waals surface area contributed by atoms with Crippen LogP contribution in [0.4, 0.5) is 0 Å². The Kier molecular flexibility index (Phi) is 5.45. The zero-order valence-electron chi connectivity index (χ0n) is 15.4. The zero-order chi connectivity index (χ0) is 18.6. The largest absolute Gasteiger partial charge is 0.396 e. The van der Waals surface area contributed by atoms with Crippen LogP contribution in [0, 0.1) is 5.92 Å². The van der Waals surface area contributed by atoms with E-state index in [0.29, 0.717) is 28.9 Å². The predicted molar refractivity (Wildman–Crippen MR) is 99.9 cm³/mol. The van der Waals surface area contributed by atoms with Gasteiger partial charge in [-0.25, -0.2) is 0 Å². The van der Waals surface area contributed by atoms with Gasteiger partial charge in [0.05, 0.1) is 5.56 Å². The van der Waals surface area contributed by atoms with Crippen molar-refractivity contribution in [3.8, 4) is 11.4 Å². The summed E-state index contributed by atoms with van der Waals surface area (Å²) in [6.45, 7) is 3.84. The number of hydrogen-bond donors (Lipinski definition) is 2. The van der Waals surface area contributed by atoms with Crippen molar-refractivity contribution >= 4 is 5.91 Å². The number of likely N-dealkylation sites (tertiary alicyclic amines) is 2. The van der Waals surface area contributed by atoms with E-state index >= 15 is 0 Å². The first kappa shape index (κ1) is 18.1. The number of piperidine rings is 2. The van der Waals surface area contributed by atoms with Crippen LogP contribution in [0.25, 0.3) is 11.4 Å². The molecule has 2 aliphatic heterocycles. The van der Waals surface area contributed by atoms with Crippen LogP contribution in [-0.4, -0.2) is 80.3 Å². The van der Waals surface area contributed by atoms with E-state index in [2.05, 4.69) is 25.5 Å². The van der Waals surface area contributed by atoms with Crippen LogP contribution in [-0.2, 0) is 0 Å². The molecule has 1 aromatic carbocycles. The SMILES string of the molecule is O=C(c1ccccc1-c1nn[nH]n1)N1CCC[C@H](N2CCC(CO)CC2)C1. The monoisotopic (exact) mass is 370 g/mol. The van der Waals surface area contributed by atoms with Crippen LogP contribution in [0.3, 0.4) is 0 Å². The fourth-order valence-corrected chi connectivity index (χ4v) is 4.25. The molecule has 2 fully saturated rings. The first-order chi connectivity index (χ1) is 13.3. The van der Waals surface area contributed by atoms with E-state index in [1.165, 1.54) is 0 Å². The van der Waals surface area contributed by atoms with Gasteiger partial charge in [-0.2, -0.15) is 5.21 Å². The number of tetrazole rings is 1. The van der Waals surface area contributed by atoms with Gasteiger partial charge in [0.15, 0.2) is 0 Å². The van der Waals surface area contributed by atoms with E-state index in [1.807, 2.05) is 29.2 Å². The Morgan fingerprint density at radius 2 is 2.00 bits per heavy atom. The van der Waals surface area contributed by atoms with E-state index in [-0.39, 0.29) is 12.5 Å². The maximum atomic E-state index is 13.2. The molecule has 0 unspecified atom stereocenters. The lowest BCUT2D eigenvalue weighted by Crippen LogP contribution is -2.52. The highest BCUT2D eigenvalue weighted by Gasteiger charge is 2.31. The van der Waals surface area contributed by atoms with Crippen LogP contribution in [0.1, 0.15) is 36.0 Å². The molecule has 144 valence electrons. The van der Waals surface area contributed by atoms with Crippen LogP contribution in [0.5, 0.6) is 0 Å². The van der Waals surface area contributed by atoms with E-state index in [1.54, 1.807) is 0 Å². The first-order valence-electron chi connectivity index (χ1n) is 9.73. The van der Waals surface area contributed by atoms with Crippen molar-refractivity contribution in [2.75, 3.05) is 32.8 Å². The fraction of sp³-hybridized carbons (Fsp3) is 0.579. The topological polar surface area (TPSA) is 98.2 Å². The molecule has 8 nitrogen and oxygen atoms in total. The standard InChI is InChI=1S/C19H26N6O2/c26-13-14-7-10-24(11-8-14)15-4-3-9-25(12-15)19(27)17-6-2-1-5-16(17)18-20-22-23-21-18/h1-2,5-6,14-15,26H,3-4,7-13H2,(H,20,21,22,23)/t15-/m0/s1. The summed E-state index contributed by atoms with van der Waals surface area (Å²) < 4.78 is 0. The van der Waals surface area contributed by atoms with E-state index < -0.39 is 0 Å². The third-order valence-corrected chi connectivity index (χ3v) is 5.85. The van der Waals surface area contributed by atoms with Crippen molar-refractivity contribution in [3.05, 3.63) is 29.8 Å². The summed E-state index contributed by atoms with van der Waals surface area (Å²) in [5, 5.41) is 23.5. The number of aliphatic hydroxyl groups excluding tert-OH is 1. The Hall–Kier alpha value is -2.32. The maximum absolute atomic E-state index is 13.2. The third-order valence-electron chi connectivity index (χ3n) is 5.85. The first-order valence-corrected chi connectivity index (χ1v) is 9.73. The number of aliphatic hydroxyl groups is 1. The van der Waals surface area contributed by atoms with Gasteiger partial charge in [-0.15, -0.1) is 10.2 Å². The third kappa shape index (κ3) is 3.86. The van der Waals surface area contributed by atoms with E-state index in [4.69, 9.17) is 0 Å². The van der Waals surface area contributed by atoms with Gasteiger partial charge in [-0.3, -0.25) is 9.69 Å². The quantitative estimate of drug-likeness (QED) is 0.839. The summed E-state index contributed by atoms with van der Waals surface area (Å²) in [6.07, 6.45) is 4.23. The van der Waals surface area contributed by atoms with Gasteiger partial charge in [0, 0.05) is 31.3 Å². The normalized spacial score (nSPS) is 22.1. The van der Waals surface area contributed by atoms with Gasteiger partial charge in [0.1, 0.15) is 0 Å². The second-order valence-corrected chi connectivity index (χ2v) is 7.49. The van der Waals surface area contributed by atoms with Crippen molar-refractivity contribution in [1.29, 1.82) is 0 Å². The molecule has 27 heavy (non-hydrogen) atoms. The molecule has 2 aliphatic rings. The number of nitrogens with zero attached hydrogens (tertiary/aromatic N) is 5. The lowest BCUT2D eigenvalue weighted by atomic mass is 9.94. The van der Waals surface area contributed by atoms with Crippen LogP contribution < -0.4 is 0 Å². The molecular weight excluding hydrogens is 344 g/mol. The van der Waals surface area contributed by atoms with Gasteiger partial charge in [0.25, 0.3) is 5.91 Å². The van der Waals surface area contributed by atoms with Crippen molar-refractivity contribution in [2.24, 2.45) is 5.92 Å². The number of rotatable bonds is 4. The van der Waals surface area contributed by atoms with Crippen molar-refractivity contribution < 1.29 is 9.90 Å². The summed E-state index contributed by atoms with van der Waals surface area (Å²) >= 11 is 0. The van der Waals surface area contributed by atoms with Crippen LogP contribution >= 0.6 is 0 Å². The molecule has 0 bridgehead atoms. The van der Waals surface area contributed by atoms with E-state index in [0.717, 1.165) is 51.9 Å². The Labute approximate surface area is 158 Å². The number of benzene rings is 1. The minimum absolute atomic E-state index is 0.0327. The number of aromatic nitrogens is 4. The molecule has 4 rings (SSSR count). The molecule has 1 atom stereocenters. The predicted octanol–water partition coefficient (Wildman–Crippen LogP) is 1.18. The van der Waals surface area contributed by atoms with Gasteiger partial charge in [-0.1, -0.05) is 18.2 Å². The maximum Gasteiger partial charge on any atom is 0.254 e. The Morgan fingerprint density at radius 3 is 2.74 bits per heavy atom. The number of carbonyl (C=O) groups excluding carboxylic acids is 1. The molecule has 2 aromatic rings. The summed E-state index contributed by atoms with van der Waals surface area (Å²) in [7, 11) is 0. The highest BCUT2D eigenvalue weighted by Crippen LogP contribution is 2.26. The molecule has 2 N–H and O–H groups in total. The molecule has 0 radical (unpaired) electrons. The number of aromatic amines is 1. The average molecular weight is 370 g/mol. The van der Waals surface area contributed by atoms with Gasteiger partial charge < -0.3 is 10.0 Å². The van der Waals surface area contributed by atoms with Crippen LogP contribution in [0.2, 0.25) is 0 Å². The van der Waals surface area contributed by atoms with Crippen molar-refractivity contribution in [1.82, 2.24) is 30.4 Å². The molecule has 0 saturated carbocycles. The molecule has 2 saturated heterocycles. The fourth-order valence-electron chi connectivity index (χ4n) is 4.25. The summed E-state index contributed by atoms with van der Waals surface area (Å²) in [5.74, 6) is 0.911. The summed E-state index contributed by atoms with van der Waals surface area (Å²) in [5.41, 5.74) is 1.33. The molecular formula is C19H26N6O2. The minimum atomic E-state index is 0.0327. The lowest BCUT2D eigenvalue weighted by Gasteiger charge is -2.42. The highest BCUT2D eigenvalue weighted by molar-refractivity contribution is 6.00. The Balaban J connectivity index is 1.47. The molecule has 1 amide bonds. The minimum Gasteiger partial charge on any atom is -0.396 e. The second kappa shape index (κ2) is 8.14. The Morgan fingerprint density at radius 1 is 1.19 bits per heavy atom. The number of nitrogens with one attached hydrogen (secondary N) is 1. The molecule has 1 aromatic heterocycles. The molecule has 8 heteroatoms. The second-order valence-electron chi connectivity index (χ2n) is 7.49. The van der Waals surface area contributed by atoms with Crippen molar-refractivity contribution in [3.63, 3.8) is 0 Å². The van der Waals surface area contributed by atoms with E-state index in [9.17, 15) is 9.90 Å². The summed E-state index contributed by atoms with van der Waals surface area (Å²) in [6, 6.07) is 7.86. The number of carbonyl (C=O) groups is 1. The Bertz CT molecular complexity index is 757.